The molecule has 1 aromatic rings. The highest BCUT2D eigenvalue weighted by atomic mass is 32.2. The monoisotopic (exact) mass is 246 g/mol. The molecule has 0 aromatic heterocycles. The van der Waals surface area contributed by atoms with Gasteiger partial charge in [0.05, 0.1) is 16.9 Å². The maximum absolute atomic E-state index is 11.7. The molecule has 4 nitrogen and oxygen atoms in total. The van der Waals surface area contributed by atoms with Gasteiger partial charge in [0.1, 0.15) is 0 Å². The van der Waals surface area contributed by atoms with Gasteiger partial charge in [-0.1, -0.05) is 23.9 Å². The van der Waals surface area contributed by atoms with Gasteiger partial charge in [-0.3, -0.25) is 14.5 Å². The van der Waals surface area contributed by atoms with Crippen LogP contribution in [0.5, 0.6) is 0 Å². The Morgan fingerprint density at radius 1 is 1.35 bits per heavy atom. The van der Waals surface area contributed by atoms with E-state index < -0.39 is 0 Å². The van der Waals surface area contributed by atoms with E-state index in [0.29, 0.717) is 12.0 Å². The van der Waals surface area contributed by atoms with Crippen LogP contribution in [0.3, 0.4) is 0 Å². The first kappa shape index (κ1) is 11.7. The molecular formula is C12H10N2O2S. The second-order valence-electron chi connectivity index (χ2n) is 3.78. The van der Waals surface area contributed by atoms with E-state index in [2.05, 4.69) is 0 Å². The number of imide groups is 1. The molecule has 1 unspecified atom stereocenters. The van der Waals surface area contributed by atoms with Crippen molar-refractivity contribution in [3.63, 3.8) is 0 Å². The maximum atomic E-state index is 11.7. The normalized spacial score (nSPS) is 19.5. The third kappa shape index (κ3) is 2.32. The van der Waals surface area contributed by atoms with Gasteiger partial charge in [0.15, 0.2) is 0 Å². The molecule has 2 amide bonds. The number of thioether (sulfide) groups is 1. The van der Waals surface area contributed by atoms with Crippen molar-refractivity contribution < 1.29 is 9.59 Å². The second-order valence-corrected chi connectivity index (χ2v) is 4.94. The Morgan fingerprint density at radius 3 is 2.47 bits per heavy atom. The van der Waals surface area contributed by atoms with Gasteiger partial charge < -0.3 is 0 Å². The molecule has 0 radical (unpaired) electrons. The molecule has 86 valence electrons. The van der Waals surface area contributed by atoms with Gasteiger partial charge in [-0.25, -0.2) is 0 Å². The lowest BCUT2D eigenvalue weighted by Crippen LogP contribution is -2.28. The topological polar surface area (TPSA) is 61.2 Å². The number of nitriles is 1. The van der Waals surface area contributed by atoms with Crippen LogP contribution in [0.25, 0.3) is 0 Å². The van der Waals surface area contributed by atoms with Crippen LogP contribution in [0.1, 0.15) is 11.1 Å². The van der Waals surface area contributed by atoms with Crippen LogP contribution >= 0.6 is 11.8 Å². The van der Waals surface area contributed by atoms with Crippen molar-refractivity contribution in [1.29, 1.82) is 5.26 Å². The highest BCUT2D eigenvalue weighted by molar-refractivity contribution is 8.15. The summed E-state index contributed by atoms with van der Waals surface area (Å²) in [4.78, 5) is 24.1. The van der Waals surface area contributed by atoms with Crippen LogP contribution in [0, 0.1) is 11.3 Å². The first-order valence-corrected chi connectivity index (χ1v) is 5.97. The Morgan fingerprint density at radius 2 is 2.00 bits per heavy atom. The zero-order valence-corrected chi connectivity index (χ0v) is 10.0. The van der Waals surface area contributed by atoms with Gasteiger partial charge in [0.25, 0.3) is 5.24 Å². The Balaban J connectivity index is 2.09. The van der Waals surface area contributed by atoms with Gasteiger partial charge in [0, 0.05) is 7.05 Å². The van der Waals surface area contributed by atoms with E-state index in [-0.39, 0.29) is 16.4 Å². The number of benzene rings is 1. The molecule has 1 saturated heterocycles. The lowest BCUT2D eigenvalue weighted by molar-refractivity contribution is -0.125. The molecule has 5 heteroatoms. The average molecular weight is 246 g/mol. The van der Waals surface area contributed by atoms with Crippen LogP contribution in [0.2, 0.25) is 0 Å². The van der Waals surface area contributed by atoms with E-state index in [1.807, 2.05) is 18.2 Å². The first-order valence-electron chi connectivity index (χ1n) is 5.09. The summed E-state index contributed by atoms with van der Waals surface area (Å²) < 4.78 is 0. The number of hydrogen-bond donors (Lipinski definition) is 0. The summed E-state index contributed by atoms with van der Waals surface area (Å²) in [5.41, 5.74) is 1.55. The van der Waals surface area contributed by atoms with E-state index >= 15 is 0 Å². The lowest BCUT2D eigenvalue weighted by Gasteiger charge is -2.07. The van der Waals surface area contributed by atoms with Crippen molar-refractivity contribution in [3.05, 3.63) is 35.4 Å². The van der Waals surface area contributed by atoms with Crippen molar-refractivity contribution in [2.45, 2.75) is 11.7 Å². The average Bonchev–Trinajstić information content (AvgIpc) is 2.58. The Labute approximate surface area is 103 Å². The zero-order chi connectivity index (χ0) is 12.4. The number of carbonyl (C=O) groups is 2. The standard InChI is InChI=1S/C12H10N2O2S/c1-14-11(15)10(17-12(14)16)6-8-2-4-9(7-13)5-3-8/h2-5,10H,6H2,1H3. The summed E-state index contributed by atoms with van der Waals surface area (Å²) in [5, 5.41) is 8.13. The Hall–Kier alpha value is -1.80. The summed E-state index contributed by atoms with van der Waals surface area (Å²) >= 11 is 1.06. The largest absolute Gasteiger partial charge is 0.288 e. The summed E-state index contributed by atoms with van der Waals surface area (Å²) in [6, 6.07) is 9.09. The van der Waals surface area contributed by atoms with Crippen LogP contribution in [0.15, 0.2) is 24.3 Å². The highest BCUT2D eigenvalue weighted by Crippen LogP contribution is 2.28. The fraction of sp³-hybridized carbons (Fsp3) is 0.250. The van der Waals surface area contributed by atoms with E-state index in [9.17, 15) is 9.59 Å². The lowest BCUT2D eigenvalue weighted by atomic mass is 10.1. The minimum Gasteiger partial charge on any atom is -0.275 e. The van der Waals surface area contributed by atoms with Crippen molar-refractivity contribution in [3.8, 4) is 6.07 Å². The molecule has 1 aromatic carbocycles. The van der Waals surface area contributed by atoms with E-state index in [1.54, 1.807) is 12.1 Å². The fourth-order valence-corrected chi connectivity index (χ4v) is 2.64. The molecule has 1 atom stereocenters. The number of rotatable bonds is 2. The fourth-order valence-electron chi connectivity index (χ4n) is 1.62. The summed E-state index contributed by atoms with van der Waals surface area (Å²) in [6.45, 7) is 0. The van der Waals surface area contributed by atoms with Gasteiger partial charge in [-0.15, -0.1) is 0 Å². The van der Waals surface area contributed by atoms with Crippen molar-refractivity contribution in [2.24, 2.45) is 0 Å². The minimum atomic E-state index is -0.333. The van der Waals surface area contributed by atoms with Gasteiger partial charge in [0.2, 0.25) is 5.91 Å². The third-order valence-corrected chi connectivity index (χ3v) is 3.76. The SMILES string of the molecule is CN1C(=O)SC(Cc2ccc(C#N)cc2)C1=O. The summed E-state index contributed by atoms with van der Waals surface area (Å²) in [5.74, 6) is -0.149. The second kappa shape index (κ2) is 4.60. The molecule has 17 heavy (non-hydrogen) atoms. The first-order chi connectivity index (χ1) is 8.11. The van der Waals surface area contributed by atoms with Gasteiger partial charge in [-0.05, 0) is 24.1 Å². The molecule has 1 aliphatic rings. The third-order valence-electron chi connectivity index (χ3n) is 2.63. The van der Waals surface area contributed by atoms with Crippen molar-refractivity contribution in [2.75, 3.05) is 7.05 Å². The predicted molar refractivity (Wildman–Crippen MR) is 64.4 cm³/mol. The smallest absolute Gasteiger partial charge is 0.275 e. The zero-order valence-electron chi connectivity index (χ0n) is 9.21. The van der Waals surface area contributed by atoms with Crippen LogP contribution < -0.4 is 0 Å². The highest BCUT2D eigenvalue weighted by Gasteiger charge is 2.36. The molecular weight excluding hydrogens is 236 g/mol. The predicted octanol–water partition coefficient (Wildman–Crippen LogP) is 1.79. The van der Waals surface area contributed by atoms with Gasteiger partial charge >= 0.3 is 0 Å². The maximum Gasteiger partial charge on any atom is 0.288 e. The summed E-state index contributed by atoms with van der Waals surface area (Å²) in [6.07, 6.45) is 0.519. The Kier molecular flexibility index (Phi) is 3.16. The van der Waals surface area contributed by atoms with Gasteiger partial charge in [-0.2, -0.15) is 5.26 Å². The van der Waals surface area contributed by atoms with Crippen LogP contribution in [-0.2, 0) is 11.2 Å². The summed E-state index contributed by atoms with van der Waals surface area (Å²) in [7, 11) is 1.50. The number of amides is 2. The van der Waals surface area contributed by atoms with E-state index in [1.165, 1.54) is 7.05 Å². The number of hydrogen-bond acceptors (Lipinski definition) is 4. The molecule has 1 aliphatic heterocycles. The van der Waals surface area contributed by atoms with Crippen LogP contribution in [-0.4, -0.2) is 28.3 Å². The molecule has 1 fully saturated rings. The molecule has 0 saturated carbocycles. The quantitative estimate of drug-likeness (QED) is 0.798. The number of carbonyl (C=O) groups excluding carboxylic acids is 2. The molecule has 2 rings (SSSR count). The van der Waals surface area contributed by atoms with Crippen molar-refractivity contribution in [1.82, 2.24) is 4.90 Å². The minimum absolute atomic E-state index is 0.149. The van der Waals surface area contributed by atoms with E-state index in [4.69, 9.17) is 5.26 Å². The molecule has 1 heterocycles. The Bertz CT molecular complexity index is 504. The van der Waals surface area contributed by atoms with Crippen molar-refractivity contribution >= 4 is 22.9 Å². The molecule has 0 aliphatic carbocycles. The number of nitrogens with zero attached hydrogens (tertiary/aromatic N) is 2. The molecule has 0 spiro atoms. The van der Waals surface area contributed by atoms with E-state index in [0.717, 1.165) is 22.2 Å². The van der Waals surface area contributed by atoms with Crippen LogP contribution in [0.4, 0.5) is 4.79 Å². The molecule has 0 N–H and O–H groups in total. The molecule has 0 bridgehead atoms.